The van der Waals surface area contributed by atoms with Crippen LogP contribution in [0.3, 0.4) is 0 Å². The van der Waals surface area contributed by atoms with Crippen LogP contribution in [0, 0.1) is 6.92 Å². The summed E-state index contributed by atoms with van der Waals surface area (Å²) >= 11 is 0. The van der Waals surface area contributed by atoms with E-state index in [0.29, 0.717) is 5.92 Å². The second-order valence-corrected chi connectivity index (χ2v) is 8.17. The molecule has 0 aromatic carbocycles. The molecule has 5 heterocycles. The third kappa shape index (κ3) is 3.86. The molecule has 0 radical (unpaired) electrons. The van der Waals surface area contributed by atoms with E-state index in [1.54, 1.807) is 12.4 Å². The predicted molar refractivity (Wildman–Crippen MR) is 115 cm³/mol. The summed E-state index contributed by atoms with van der Waals surface area (Å²) in [4.78, 5) is 23.1. The lowest BCUT2D eigenvalue weighted by Gasteiger charge is -2.33. The summed E-state index contributed by atoms with van der Waals surface area (Å²) in [5.41, 5.74) is 2.92. The van der Waals surface area contributed by atoms with Crippen molar-refractivity contribution in [3.05, 3.63) is 42.2 Å². The summed E-state index contributed by atoms with van der Waals surface area (Å²) in [5.74, 6) is 2.90. The van der Waals surface area contributed by atoms with Crippen molar-refractivity contribution in [3.8, 4) is 11.3 Å². The van der Waals surface area contributed by atoms with Crippen LogP contribution in [0.2, 0.25) is 0 Å². The highest BCUT2D eigenvalue weighted by Crippen LogP contribution is 2.36. The first kappa shape index (κ1) is 19.0. The van der Waals surface area contributed by atoms with Crippen LogP contribution in [-0.4, -0.2) is 51.3 Å². The number of rotatable bonds is 4. The first-order valence-corrected chi connectivity index (χ1v) is 10.8. The summed E-state index contributed by atoms with van der Waals surface area (Å²) in [6, 6.07) is 1.97. The Hall–Kier alpha value is -3.03. The van der Waals surface area contributed by atoms with Gasteiger partial charge >= 0.3 is 0 Å². The second kappa shape index (κ2) is 8.38. The highest BCUT2D eigenvalue weighted by atomic mass is 16.5. The van der Waals surface area contributed by atoms with Gasteiger partial charge in [-0.2, -0.15) is 0 Å². The molecule has 2 aliphatic heterocycles. The van der Waals surface area contributed by atoms with Gasteiger partial charge in [0.15, 0.2) is 5.76 Å². The van der Waals surface area contributed by atoms with Crippen molar-refractivity contribution in [1.29, 1.82) is 0 Å². The Morgan fingerprint density at radius 2 is 1.77 bits per heavy atom. The molecular formula is C22H27N7O. The number of hydrogen-bond acceptors (Lipinski definition) is 8. The van der Waals surface area contributed by atoms with Gasteiger partial charge in [-0.3, -0.25) is 4.98 Å². The molecule has 3 aromatic heterocycles. The second-order valence-electron chi connectivity index (χ2n) is 8.17. The molecule has 0 unspecified atom stereocenters. The van der Waals surface area contributed by atoms with Gasteiger partial charge in [-0.15, -0.1) is 0 Å². The van der Waals surface area contributed by atoms with Crippen molar-refractivity contribution in [1.82, 2.24) is 25.1 Å². The molecule has 2 saturated heterocycles. The Labute approximate surface area is 176 Å². The molecular weight excluding hydrogens is 378 g/mol. The molecule has 2 aliphatic rings. The number of aryl methyl sites for hydroxylation is 1. The lowest BCUT2D eigenvalue weighted by Crippen LogP contribution is -2.34. The molecule has 3 aromatic rings. The Bertz CT molecular complexity index is 976. The zero-order valence-corrected chi connectivity index (χ0v) is 17.4. The van der Waals surface area contributed by atoms with E-state index in [1.165, 1.54) is 19.3 Å². The van der Waals surface area contributed by atoms with Gasteiger partial charge in [0.1, 0.15) is 5.82 Å². The Morgan fingerprint density at radius 3 is 2.47 bits per heavy atom. The van der Waals surface area contributed by atoms with E-state index in [2.05, 4.69) is 24.9 Å². The summed E-state index contributed by atoms with van der Waals surface area (Å²) in [6.07, 6.45) is 13.0. The molecule has 0 saturated carbocycles. The van der Waals surface area contributed by atoms with Crippen molar-refractivity contribution < 1.29 is 4.52 Å². The van der Waals surface area contributed by atoms with Gasteiger partial charge in [0.2, 0.25) is 5.95 Å². The maximum Gasteiger partial charge on any atom is 0.225 e. The topological polar surface area (TPSA) is 84.1 Å². The minimum atomic E-state index is 0.352. The Kier molecular flexibility index (Phi) is 5.29. The third-order valence-electron chi connectivity index (χ3n) is 6.09. The number of piperidine rings is 2. The van der Waals surface area contributed by atoms with Crippen LogP contribution in [0.5, 0.6) is 0 Å². The zero-order chi connectivity index (χ0) is 20.3. The van der Waals surface area contributed by atoms with Gasteiger partial charge in [-0.1, -0.05) is 5.16 Å². The van der Waals surface area contributed by atoms with Crippen LogP contribution >= 0.6 is 0 Å². The lowest BCUT2D eigenvalue weighted by atomic mass is 9.90. The molecule has 5 rings (SSSR count). The normalized spacial score (nSPS) is 18.0. The number of hydrogen-bond donors (Lipinski definition) is 0. The third-order valence-corrected chi connectivity index (χ3v) is 6.09. The minimum absolute atomic E-state index is 0.352. The van der Waals surface area contributed by atoms with E-state index in [9.17, 15) is 0 Å². The van der Waals surface area contributed by atoms with Crippen molar-refractivity contribution in [2.24, 2.45) is 0 Å². The molecule has 0 bridgehead atoms. The van der Waals surface area contributed by atoms with Gasteiger partial charge in [0.25, 0.3) is 0 Å². The standard InChI is InChI=1S/C22H27N7O/c1-16-13-19(30-27-16)18-14-25-22(29-9-3-2-4-10-29)26-21(18)17-5-11-28(12-6-17)20-15-23-7-8-24-20/h7-8,13-15,17H,2-6,9-12H2,1H3. The van der Waals surface area contributed by atoms with Crippen molar-refractivity contribution in [2.45, 2.75) is 44.9 Å². The van der Waals surface area contributed by atoms with Crippen LogP contribution in [0.1, 0.15) is 49.4 Å². The fourth-order valence-electron chi connectivity index (χ4n) is 4.46. The maximum absolute atomic E-state index is 5.59. The molecule has 0 aliphatic carbocycles. The van der Waals surface area contributed by atoms with Crippen LogP contribution in [0.15, 0.2) is 35.4 Å². The van der Waals surface area contributed by atoms with E-state index in [-0.39, 0.29) is 0 Å². The molecule has 156 valence electrons. The van der Waals surface area contributed by atoms with Crippen LogP contribution < -0.4 is 9.80 Å². The van der Waals surface area contributed by atoms with E-state index >= 15 is 0 Å². The maximum atomic E-state index is 5.59. The van der Waals surface area contributed by atoms with Crippen molar-refractivity contribution in [3.63, 3.8) is 0 Å². The van der Waals surface area contributed by atoms with E-state index in [4.69, 9.17) is 14.5 Å². The number of anilines is 2. The van der Waals surface area contributed by atoms with Crippen molar-refractivity contribution in [2.75, 3.05) is 36.0 Å². The number of nitrogens with zero attached hydrogens (tertiary/aromatic N) is 7. The summed E-state index contributed by atoms with van der Waals surface area (Å²) < 4.78 is 5.59. The molecule has 30 heavy (non-hydrogen) atoms. The molecule has 0 amide bonds. The quantitative estimate of drug-likeness (QED) is 0.651. The van der Waals surface area contributed by atoms with Gasteiger partial charge in [-0.05, 0) is 39.0 Å². The molecule has 0 atom stereocenters. The first-order chi connectivity index (χ1) is 14.8. The fourth-order valence-corrected chi connectivity index (χ4v) is 4.46. The highest BCUT2D eigenvalue weighted by Gasteiger charge is 2.28. The monoisotopic (exact) mass is 405 g/mol. The first-order valence-electron chi connectivity index (χ1n) is 10.8. The fraction of sp³-hybridized carbons (Fsp3) is 0.500. The average Bonchev–Trinajstić information content (AvgIpc) is 3.26. The summed E-state index contributed by atoms with van der Waals surface area (Å²) in [5, 5.41) is 4.08. The van der Waals surface area contributed by atoms with Crippen LogP contribution in [-0.2, 0) is 0 Å². The van der Waals surface area contributed by atoms with E-state index in [0.717, 1.165) is 73.5 Å². The Balaban J connectivity index is 1.43. The Morgan fingerprint density at radius 1 is 0.933 bits per heavy atom. The summed E-state index contributed by atoms with van der Waals surface area (Å²) in [6.45, 7) is 5.87. The number of aromatic nitrogens is 5. The van der Waals surface area contributed by atoms with Crippen molar-refractivity contribution >= 4 is 11.8 Å². The minimum Gasteiger partial charge on any atom is -0.356 e. The van der Waals surface area contributed by atoms with Gasteiger partial charge in [0, 0.05) is 56.8 Å². The smallest absolute Gasteiger partial charge is 0.225 e. The van der Waals surface area contributed by atoms with E-state index in [1.807, 2.05) is 25.4 Å². The molecule has 0 spiro atoms. The molecule has 8 nitrogen and oxygen atoms in total. The summed E-state index contributed by atoms with van der Waals surface area (Å²) in [7, 11) is 0. The van der Waals surface area contributed by atoms with Gasteiger partial charge in [-0.25, -0.2) is 15.0 Å². The van der Waals surface area contributed by atoms with E-state index < -0.39 is 0 Å². The van der Waals surface area contributed by atoms with Crippen LogP contribution in [0.4, 0.5) is 11.8 Å². The van der Waals surface area contributed by atoms with Gasteiger partial charge < -0.3 is 14.3 Å². The molecule has 0 N–H and O–H groups in total. The lowest BCUT2D eigenvalue weighted by molar-refractivity contribution is 0.424. The van der Waals surface area contributed by atoms with Gasteiger partial charge in [0.05, 0.1) is 23.1 Å². The highest BCUT2D eigenvalue weighted by molar-refractivity contribution is 5.61. The average molecular weight is 406 g/mol. The predicted octanol–water partition coefficient (Wildman–Crippen LogP) is 3.60. The zero-order valence-electron chi connectivity index (χ0n) is 17.4. The van der Waals surface area contributed by atoms with Crippen LogP contribution in [0.25, 0.3) is 11.3 Å². The molecule has 8 heteroatoms. The largest absolute Gasteiger partial charge is 0.356 e. The molecule has 2 fully saturated rings. The SMILES string of the molecule is Cc1cc(-c2cnc(N3CCCCC3)nc2C2CCN(c3cnccn3)CC2)on1.